The predicted octanol–water partition coefficient (Wildman–Crippen LogP) is 0.710. The number of likely N-dealkylation sites (N-methyl/N-ethyl adjacent to an activating group) is 1. The van der Waals surface area contributed by atoms with Gasteiger partial charge in [-0.2, -0.15) is 0 Å². The molecular weight excluding hydrogens is 274 g/mol. The molecule has 1 rings (SSSR count). The summed E-state index contributed by atoms with van der Waals surface area (Å²) in [4.78, 5) is 26.6. The van der Waals surface area contributed by atoms with Crippen LogP contribution in [-0.2, 0) is 4.79 Å². The second-order valence-corrected chi connectivity index (χ2v) is 3.82. The zero-order valence-corrected chi connectivity index (χ0v) is 10.4. The van der Waals surface area contributed by atoms with E-state index in [-0.39, 0.29) is 18.4 Å². The van der Waals surface area contributed by atoms with Crippen LogP contribution in [0.15, 0.2) is 22.9 Å². The van der Waals surface area contributed by atoms with Crippen LogP contribution >= 0.6 is 15.9 Å². The number of hydrogen-bond acceptors (Lipinski definition) is 3. The van der Waals surface area contributed by atoms with E-state index in [1.165, 1.54) is 6.20 Å². The van der Waals surface area contributed by atoms with Crippen LogP contribution < -0.4 is 10.6 Å². The molecule has 6 heteroatoms. The second-order valence-electron chi connectivity index (χ2n) is 3.00. The van der Waals surface area contributed by atoms with Gasteiger partial charge in [-0.15, -0.1) is 0 Å². The van der Waals surface area contributed by atoms with Gasteiger partial charge in [0, 0.05) is 18.3 Å². The fraction of sp³-hybridized carbons (Fsp3) is 0.300. The fourth-order valence-corrected chi connectivity index (χ4v) is 1.43. The Bertz CT molecular complexity index is 395. The van der Waals surface area contributed by atoms with E-state index in [0.717, 1.165) is 0 Å². The number of hydrogen-bond donors (Lipinski definition) is 2. The molecule has 0 aromatic carbocycles. The quantitative estimate of drug-likeness (QED) is 0.801. The molecule has 0 spiro atoms. The minimum absolute atomic E-state index is 0.0212. The van der Waals surface area contributed by atoms with E-state index in [9.17, 15) is 9.59 Å². The first-order valence-corrected chi connectivity index (χ1v) is 5.59. The maximum absolute atomic E-state index is 11.6. The first kappa shape index (κ1) is 12.6. The number of amides is 2. The van der Waals surface area contributed by atoms with Gasteiger partial charge in [-0.25, -0.2) is 4.98 Å². The van der Waals surface area contributed by atoms with E-state index in [1.54, 1.807) is 12.1 Å². The van der Waals surface area contributed by atoms with Gasteiger partial charge in [0.15, 0.2) is 0 Å². The summed E-state index contributed by atoms with van der Waals surface area (Å²) in [6.45, 7) is 2.35. The lowest BCUT2D eigenvalue weighted by molar-refractivity contribution is -0.120. The van der Waals surface area contributed by atoms with Gasteiger partial charge in [0.05, 0.1) is 6.54 Å². The summed E-state index contributed by atoms with van der Waals surface area (Å²) in [5.74, 6) is -0.502. The molecule has 0 fully saturated rings. The molecule has 0 atom stereocenters. The third-order valence-corrected chi connectivity index (χ3v) is 2.21. The molecular formula is C10H12BrN3O2. The van der Waals surface area contributed by atoms with Crippen molar-refractivity contribution in [2.45, 2.75) is 6.92 Å². The second kappa shape index (κ2) is 6.22. The molecule has 0 saturated carbocycles. The summed E-state index contributed by atoms with van der Waals surface area (Å²) in [5, 5.41) is 5.10. The molecule has 0 aliphatic rings. The molecule has 86 valence electrons. The monoisotopic (exact) mass is 285 g/mol. The first-order chi connectivity index (χ1) is 7.63. The zero-order chi connectivity index (χ0) is 12.0. The number of nitrogens with zero attached hydrogens (tertiary/aromatic N) is 1. The largest absolute Gasteiger partial charge is 0.355 e. The van der Waals surface area contributed by atoms with E-state index < -0.39 is 0 Å². The smallest absolute Gasteiger partial charge is 0.251 e. The SMILES string of the molecule is CCNC(=O)CNC(=O)c1ccnc(Br)c1. The number of carbonyl (C=O) groups excluding carboxylic acids is 2. The molecule has 0 aliphatic carbocycles. The average Bonchev–Trinajstić information content (AvgIpc) is 2.26. The Morgan fingerprint density at radius 2 is 2.19 bits per heavy atom. The number of rotatable bonds is 4. The van der Waals surface area contributed by atoms with Crippen molar-refractivity contribution in [3.05, 3.63) is 28.5 Å². The molecule has 0 aliphatic heterocycles. The number of nitrogens with one attached hydrogen (secondary N) is 2. The van der Waals surface area contributed by atoms with Gasteiger partial charge in [0.1, 0.15) is 4.60 Å². The van der Waals surface area contributed by atoms with Gasteiger partial charge in [0.25, 0.3) is 5.91 Å². The maximum atomic E-state index is 11.6. The van der Waals surface area contributed by atoms with Crippen molar-refractivity contribution in [2.24, 2.45) is 0 Å². The zero-order valence-electron chi connectivity index (χ0n) is 8.79. The van der Waals surface area contributed by atoms with Crippen LogP contribution in [0.25, 0.3) is 0 Å². The topological polar surface area (TPSA) is 71.1 Å². The molecule has 1 heterocycles. The van der Waals surface area contributed by atoms with Crippen LogP contribution in [0.5, 0.6) is 0 Å². The molecule has 0 radical (unpaired) electrons. The van der Waals surface area contributed by atoms with Gasteiger partial charge in [-0.05, 0) is 35.0 Å². The Morgan fingerprint density at radius 3 is 2.81 bits per heavy atom. The van der Waals surface area contributed by atoms with E-state index in [4.69, 9.17) is 0 Å². The van der Waals surface area contributed by atoms with Gasteiger partial charge in [-0.1, -0.05) is 0 Å². The Kier molecular flexibility index (Phi) is 4.91. The summed E-state index contributed by atoms with van der Waals surface area (Å²) in [6, 6.07) is 3.17. The van der Waals surface area contributed by atoms with Crippen LogP contribution in [0.2, 0.25) is 0 Å². The summed E-state index contributed by atoms with van der Waals surface area (Å²) in [5.41, 5.74) is 0.464. The standard InChI is InChI=1S/C10H12BrN3O2/c1-2-12-9(15)6-14-10(16)7-3-4-13-8(11)5-7/h3-5H,2,6H2,1H3,(H,12,15)(H,14,16). The van der Waals surface area contributed by atoms with Crippen LogP contribution in [-0.4, -0.2) is 29.9 Å². The highest BCUT2D eigenvalue weighted by Gasteiger charge is 2.07. The number of halogens is 1. The highest BCUT2D eigenvalue weighted by molar-refractivity contribution is 9.10. The molecule has 16 heavy (non-hydrogen) atoms. The normalized spacial score (nSPS) is 9.62. The molecule has 2 amide bonds. The van der Waals surface area contributed by atoms with Gasteiger partial charge >= 0.3 is 0 Å². The van der Waals surface area contributed by atoms with Crippen LogP contribution in [0.3, 0.4) is 0 Å². The maximum Gasteiger partial charge on any atom is 0.251 e. The third-order valence-electron chi connectivity index (χ3n) is 1.77. The highest BCUT2D eigenvalue weighted by Crippen LogP contribution is 2.07. The average molecular weight is 286 g/mol. The molecule has 0 saturated heterocycles. The van der Waals surface area contributed by atoms with Gasteiger partial charge < -0.3 is 10.6 Å². The predicted molar refractivity (Wildman–Crippen MR) is 63.0 cm³/mol. The van der Waals surface area contributed by atoms with E-state index >= 15 is 0 Å². The molecule has 0 bridgehead atoms. The highest BCUT2D eigenvalue weighted by atomic mass is 79.9. The molecule has 2 N–H and O–H groups in total. The van der Waals surface area contributed by atoms with Crippen molar-refractivity contribution in [2.75, 3.05) is 13.1 Å². The Balaban J connectivity index is 2.50. The fourth-order valence-electron chi connectivity index (χ4n) is 1.07. The van der Waals surface area contributed by atoms with Crippen molar-refractivity contribution >= 4 is 27.7 Å². The Hall–Kier alpha value is -1.43. The number of pyridine rings is 1. The summed E-state index contributed by atoms with van der Waals surface area (Å²) in [6.07, 6.45) is 1.52. The van der Waals surface area contributed by atoms with E-state index in [1.807, 2.05) is 6.92 Å². The summed E-state index contributed by atoms with van der Waals surface area (Å²) < 4.78 is 0.582. The lowest BCUT2D eigenvalue weighted by Crippen LogP contribution is -2.36. The lowest BCUT2D eigenvalue weighted by atomic mass is 10.2. The van der Waals surface area contributed by atoms with Crippen LogP contribution in [0.1, 0.15) is 17.3 Å². The molecule has 1 aromatic heterocycles. The van der Waals surface area contributed by atoms with Gasteiger partial charge in [0.2, 0.25) is 5.91 Å². The summed E-state index contributed by atoms with van der Waals surface area (Å²) in [7, 11) is 0. The van der Waals surface area contributed by atoms with Crippen molar-refractivity contribution in [1.82, 2.24) is 15.6 Å². The van der Waals surface area contributed by atoms with E-state index in [2.05, 4.69) is 31.5 Å². The Morgan fingerprint density at radius 1 is 1.44 bits per heavy atom. The van der Waals surface area contributed by atoms with E-state index in [0.29, 0.717) is 16.7 Å². The molecule has 5 nitrogen and oxygen atoms in total. The van der Waals surface area contributed by atoms with Crippen LogP contribution in [0, 0.1) is 0 Å². The third kappa shape index (κ3) is 3.98. The van der Waals surface area contributed by atoms with Crippen molar-refractivity contribution in [3.63, 3.8) is 0 Å². The number of aromatic nitrogens is 1. The Labute approximate surface area is 102 Å². The molecule has 0 unspecified atom stereocenters. The van der Waals surface area contributed by atoms with Gasteiger partial charge in [-0.3, -0.25) is 9.59 Å². The minimum atomic E-state index is -0.297. The van der Waals surface area contributed by atoms with Crippen molar-refractivity contribution in [3.8, 4) is 0 Å². The lowest BCUT2D eigenvalue weighted by Gasteiger charge is -2.05. The first-order valence-electron chi connectivity index (χ1n) is 4.80. The van der Waals surface area contributed by atoms with Crippen LogP contribution in [0.4, 0.5) is 0 Å². The minimum Gasteiger partial charge on any atom is -0.355 e. The van der Waals surface area contributed by atoms with Crippen molar-refractivity contribution in [1.29, 1.82) is 0 Å². The van der Waals surface area contributed by atoms with Crippen molar-refractivity contribution < 1.29 is 9.59 Å². The summed E-state index contributed by atoms with van der Waals surface area (Å²) >= 11 is 3.16. The molecule has 1 aromatic rings. The number of carbonyl (C=O) groups is 2.